The van der Waals surface area contributed by atoms with Crippen molar-refractivity contribution in [1.82, 2.24) is 20.3 Å². The lowest BCUT2D eigenvalue weighted by Gasteiger charge is -2.22. The van der Waals surface area contributed by atoms with Crippen molar-refractivity contribution in [3.8, 4) is 11.1 Å². The Hall–Kier alpha value is -2.99. The third kappa shape index (κ3) is 3.02. The molecule has 6 heteroatoms. The predicted molar refractivity (Wildman–Crippen MR) is 104 cm³/mol. The average Bonchev–Trinajstić information content (AvgIpc) is 3.33. The fourth-order valence-electron chi connectivity index (χ4n) is 4.05. The maximum absolute atomic E-state index is 12.6. The van der Waals surface area contributed by atoms with E-state index in [-0.39, 0.29) is 5.91 Å². The first-order valence-corrected chi connectivity index (χ1v) is 9.43. The second-order valence-electron chi connectivity index (χ2n) is 7.22. The number of piperidine rings is 1. The van der Waals surface area contributed by atoms with E-state index in [0.29, 0.717) is 11.7 Å². The van der Waals surface area contributed by atoms with Gasteiger partial charge in [-0.1, -0.05) is 35.5 Å². The van der Waals surface area contributed by atoms with Crippen molar-refractivity contribution in [2.75, 3.05) is 18.4 Å². The molecule has 27 heavy (non-hydrogen) atoms. The number of nitrogens with zero attached hydrogens (tertiary/aromatic N) is 3. The van der Waals surface area contributed by atoms with Gasteiger partial charge in [-0.3, -0.25) is 4.79 Å². The number of hydrogen-bond donors (Lipinski definition) is 2. The molecular weight excluding hydrogens is 338 g/mol. The molecule has 1 aromatic heterocycles. The highest BCUT2D eigenvalue weighted by Crippen LogP contribution is 2.37. The number of hydrogen-bond acceptors (Lipinski definition) is 4. The maximum atomic E-state index is 12.6. The van der Waals surface area contributed by atoms with Crippen molar-refractivity contribution in [1.29, 1.82) is 0 Å². The predicted octanol–water partition coefficient (Wildman–Crippen LogP) is 3.03. The molecule has 2 N–H and O–H groups in total. The smallest absolute Gasteiger partial charge is 0.277 e. The van der Waals surface area contributed by atoms with Crippen molar-refractivity contribution in [3.63, 3.8) is 0 Å². The van der Waals surface area contributed by atoms with Crippen LogP contribution in [-0.4, -0.2) is 34.0 Å². The first-order valence-electron chi connectivity index (χ1n) is 9.43. The molecule has 1 aliphatic carbocycles. The van der Waals surface area contributed by atoms with Crippen LogP contribution in [0.5, 0.6) is 0 Å². The third-order valence-corrected chi connectivity index (χ3v) is 5.48. The summed E-state index contributed by atoms with van der Waals surface area (Å²) in [6, 6.07) is 14.9. The molecule has 0 saturated carbocycles. The number of fused-ring (bicyclic) bond motifs is 3. The van der Waals surface area contributed by atoms with E-state index in [1.54, 1.807) is 6.20 Å². The molecule has 5 rings (SSSR count). The number of nitrogens with one attached hydrogen (secondary N) is 2. The lowest BCUT2D eigenvalue weighted by Crippen LogP contribution is -2.29. The minimum Gasteiger partial charge on any atom is -0.321 e. The number of carbonyl (C=O) groups excluding carboxylic acids is 1. The van der Waals surface area contributed by atoms with Gasteiger partial charge in [0.1, 0.15) is 0 Å². The van der Waals surface area contributed by atoms with Crippen LogP contribution in [0, 0.1) is 0 Å². The fourth-order valence-corrected chi connectivity index (χ4v) is 4.05. The molecule has 2 aromatic carbocycles. The second-order valence-corrected chi connectivity index (χ2v) is 7.22. The largest absolute Gasteiger partial charge is 0.321 e. The summed E-state index contributed by atoms with van der Waals surface area (Å²) >= 11 is 0. The average molecular weight is 359 g/mol. The molecule has 1 saturated heterocycles. The van der Waals surface area contributed by atoms with Crippen molar-refractivity contribution < 1.29 is 4.79 Å². The maximum Gasteiger partial charge on any atom is 0.277 e. The number of rotatable bonds is 3. The van der Waals surface area contributed by atoms with Gasteiger partial charge in [0.05, 0.1) is 12.2 Å². The zero-order valence-electron chi connectivity index (χ0n) is 15.0. The minimum absolute atomic E-state index is 0.217. The number of anilines is 1. The van der Waals surface area contributed by atoms with Gasteiger partial charge in [0, 0.05) is 5.69 Å². The highest BCUT2D eigenvalue weighted by atomic mass is 16.2. The molecule has 0 atom stereocenters. The van der Waals surface area contributed by atoms with Gasteiger partial charge in [-0.25, -0.2) is 4.68 Å². The van der Waals surface area contributed by atoms with Crippen LogP contribution in [0.15, 0.2) is 48.7 Å². The highest BCUT2D eigenvalue weighted by Gasteiger charge is 2.20. The fraction of sp³-hybridized carbons (Fsp3) is 0.286. The highest BCUT2D eigenvalue weighted by molar-refractivity contribution is 6.02. The number of benzene rings is 2. The van der Waals surface area contributed by atoms with E-state index in [4.69, 9.17) is 0 Å². The number of amides is 1. The second kappa shape index (κ2) is 6.63. The minimum atomic E-state index is -0.217. The SMILES string of the molecule is O=C(Nc1ccc2c(c1)Cc1ccccc1-2)c1cn(C2CCNCC2)nn1. The lowest BCUT2D eigenvalue weighted by atomic mass is 10.1. The topological polar surface area (TPSA) is 71.8 Å². The first-order chi connectivity index (χ1) is 13.3. The van der Waals surface area contributed by atoms with Crippen LogP contribution in [0.2, 0.25) is 0 Å². The van der Waals surface area contributed by atoms with E-state index in [1.165, 1.54) is 22.3 Å². The molecule has 0 radical (unpaired) electrons. The van der Waals surface area contributed by atoms with Crippen LogP contribution in [-0.2, 0) is 6.42 Å². The lowest BCUT2D eigenvalue weighted by molar-refractivity contribution is 0.102. The molecule has 1 fully saturated rings. The standard InChI is InChI=1S/C21H21N5O/c27-21(20-13-26(25-24-20)17-7-9-22-10-8-17)23-16-5-6-19-15(12-16)11-14-3-1-2-4-18(14)19/h1-6,12-13,17,22H,7-11H2,(H,23,27). The van der Waals surface area contributed by atoms with E-state index in [0.717, 1.165) is 38.0 Å². The molecule has 0 bridgehead atoms. The van der Waals surface area contributed by atoms with E-state index >= 15 is 0 Å². The Kier molecular flexibility index (Phi) is 3.98. The normalized spacial score (nSPS) is 16.0. The Morgan fingerprint density at radius 2 is 1.89 bits per heavy atom. The summed E-state index contributed by atoms with van der Waals surface area (Å²) in [5.74, 6) is -0.217. The molecule has 3 aromatic rings. The van der Waals surface area contributed by atoms with Crippen molar-refractivity contribution in [2.45, 2.75) is 25.3 Å². The summed E-state index contributed by atoms with van der Waals surface area (Å²) in [5.41, 5.74) is 6.27. The van der Waals surface area contributed by atoms with Gasteiger partial charge in [-0.05, 0) is 66.7 Å². The summed E-state index contributed by atoms with van der Waals surface area (Å²) in [4.78, 5) is 12.6. The van der Waals surface area contributed by atoms with E-state index in [1.807, 2.05) is 10.7 Å². The summed E-state index contributed by atoms with van der Waals surface area (Å²) in [6.45, 7) is 1.95. The van der Waals surface area contributed by atoms with Crippen LogP contribution < -0.4 is 10.6 Å². The van der Waals surface area contributed by atoms with Gasteiger partial charge in [0.25, 0.3) is 5.91 Å². The zero-order chi connectivity index (χ0) is 18.2. The van der Waals surface area contributed by atoms with Gasteiger partial charge in [-0.15, -0.1) is 5.10 Å². The third-order valence-electron chi connectivity index (χ3n) is 5.48. The van der Waals surface area contributed by atoms with Crippen LogP contribution in [0.1, 0.15) is 40.5 Å². The Bertz CT molecular complexity index is 1000. The number of aromatic nitrogens is 3. The zero-order valence-corrected chi connectivity index (χ0v) is 15.0. The van der Waals surface area contributed by atoms with Gasteiger partial charge >= 0.3 is 0 Å². The Labute approximate surface area is 157 Å². The molecule has 2 heterocycles. The molecule has 0 unspecified atom stereocenters. The van der Waals surface area contributed by atoms with Gasteiger partial charge in [0.15, 0.2) is 5.69 Å². The van der Waals surface area contributed by atoms with Crippen molar-refractivity contribution in [3.05, 3.63) is 65.5 Å². The van der Waals surface area contributed by atoms with Crippen molar-refractivity contribution >= 4 is 11.6 Å². The Morgan fingerprint density at radius 1 is 1.07 bits per heavy atom. The monoisotopic (exact) mass is 359 g/mol. The number of carbonyl (C=O) groups is 1. The van der Waals surface area contributed by atoms with Gasteiger partial charge in [0.2, 0.25) is 0 Å². The van der Waals surface area contributed by atoms with Gasteiger partial charge < -0.3 is 10.6 Å². The van der Waals surface area contributed by atoms with E-state index in [2.05, 4.69) is 57.3 Å². The summed E-state index contributed by atoms with van der Waals surface area (Å²) in [7, 11) is 0. The first kappa shape index (κ1) is 16.2. The van der Waals surface area contributed by atoms with Crippen LogP contribution in [0.4, 0.5) is 5.69 Å². The molecule has 136 valence electrons. The van der Waals surface area contributed by atoms with E-state index in [9.17, 15) is 4.79 Å². The Morgan fingerprint density at radius 3 is 2.78 bits per heavy atom. The van der Waals surface area contributed by atoms with Crippen LogP contribution in [0.3, 0.4) is 0 Å². The van der Waals surface area contributed by atoms with E-state index < -0.39 is 0 Å². The quantitative estimate of drug-likeness (QED) is 0.590. The van der Waals surface area contributed by atoms with Crippen LogP contribution >= 0.6 is 0 Å². The van der Waals surface area contributed by atoms with Crippen molar-refractivity contribution in [2.24, 2.45) is 0 Å². The molecule has 0 spiro atoms. The molecule has 2 aliphatic rings. The van der Waals surface area contributed by atoms with Gasteiger partial charge in [-0.2, -0.15) is 0 Å². The summed E-state index contributed by atoms with van der Waals surface area (Å²) in [5, 5.41) is 14.5. The van der Waals surface area contributed by atoms with Crippen LogP contribution in [0.25, 0.3) is 11.1 Å². The molecule has 1 aliphatic heterocycles. The summed E-state index contributed by atoms with van der Waals surface area (Å²) in [6.07, 6.45) is 4.68. The Balaban J connectivity index is 1.32. The summed E-state index contributed by atoms with van der Waals surface area (Å²) < 4.78 is 1.83. The molecule has 1 amide bonds. The molecule has 6 nitrogen and oxygen atoms in total. The molecular formula is C21H21N5O.